The zero-order valence-electron chi connectivity index (χ0n) is 12.2. The van der Waals surface area contributed by atoms with Crippen LogP contribution in [-0.2, 0) is 17.9 Å². The van der Waals surface area contributed by atoms with Crippen LogP contribution >= 0.6 is 0 Å². The van der Waals surface area contributed by atoms with Crippen LogP contribution in [0.2, 0.25) is 0 Å². The summed E-state index contributed by atoms with van der Waals surface area (Å²) in [4.78, 5) is 0. The van der Waals surface area contributed by atoms with Crippen molar-refractivity contribution in [1.29, 1.82) is 0 Å². The van der Waals surface area contributed by atoms with Crippen molar-refractivity contribution in [3.05, 3.63) is 35.4 Å². The molecule has 108 valence electrons. The number of hydrogen-bond donors (Lipinski definition) is 1. The molecule has 0 aromatic heterocycles. The van der Waals surface area contributed by atoms with Gasteiger partial charge < -0.3 is 10.5 Å². The third-order valence-electron chi connectivity index (χ3n) is 5.85. The summed E-state index contributed by atoms with van der Waals surface area (Å²) < 4.78 is 6.52. The molecule has 0 saturated heterocycles. The monoisotopic (exact) mass is 271 g/mol. The minimum atomic E-state index is 0.205. The second-order valence-electron chi connectivity index (χ2n) is 7.36. The minimum absolute atomic E-state index is 0.205. The highest BCUT2D eigenvalue weighted by Crippen LogP contribution is 2.57. The first-order valence-electron chi connectivity index (χ1n) is 8.17. The largest absolute Gasteiger partial charge is 0.370 e. The lowest BCUT2D eigenvalue weighted by Gasteiger charge is -2.56. The Balaban J connectivity index is 1.49. The van der Waals surface area contributed by atoms with Crippen molar-refractivity contribution >= 4 is 0 Å². The molecule has 5 rings (SSSR count). The Morgan fingerprint density at radius 1 is 0.950 bits per heavy atom. The van der Waals surface area contributed by atoms with Gasteiger partial charge in [0, 0.05) is 6.54 Å². The number of hydrogen-bond acceptors (Lipinski definition) is 2. The van der Waals surface area contributed by atoms with E-state index in [1.807, 2.05) is 0 Å². The molecule has 4 aliphatic carbocycles. The molecule has 2 N–H and O–H groups in total. The van der Waals surface area contributed by atoms with Crippen molar-refractivity contribution in [3.63, 3.8) is 0 Å². The van der Waals surface area contributed by atoms with Crippen LogP contribution in [0.15, 0.2) is 24.3 Å². The maximum absolute atomic E-state index is 6.52. The minimum Gasteiger partial charge on any atom is -0.370 e. The molecule has 4 fully saturated rings. The van der Waals surface area contributed by atoms with Gasteiger partial charge in [-0.1, -0.05) is 24.3 Å². The highest BCUT2D eigenvalue weighted by Gasteiger charge is 2.51. The van der Waals surface area contributed by atoms with E-state index in [0.717, 1.165) is 24.4 Å². The molecule has 0 spiro atoms. The molecule has 4 bridgehead atoms. The summed E-state index contributed by atoms with van der Waals surface area (Å²) in [7, 11) is 0. The number of benzene rings is 1. The van der Waals surface area contributed by atoms with Gasteiger partial charge in [0.15, 0.2) is 0 Å². The maximum Gasteiger partial charge on any atom is 0.0727 e. The molecule has 2 heteroatoms. The van der Waals surface area contributed by atoms with Crippen molar-refractivity contribution in [2.75, 3.05) is 0 Å². The molecule has 0 heterocycles. The van der Waals surface area contributed by atoms with Crippen LogP contribution in [0, 0.1) is 17.8 Å². The smallest absolute Gasteiger partial charge is 0.0727 e. The Morgan fingerprint density at radius 3 is 2.05 bits per heavy atom. The first-order valence-corrected chi connectivity index (χ1v) is 8.17. The van der Waals surface area contributed by atoms with E-state index in [4.69, 9.17) is 10.5 Å². The van der Waals surface area contributed by atoms with Gasteiger partial charge >= 0.3 is 0 Å². The predicted octanol–water partition coefficient (Wildman–Crippen LogP) is 3.63. The standard InChI is InChI=1S/C18H25NO/c19-11-16-3-1-2-4-17(16)12-20-18-8-13-5-14(9-18)7-15(6-13)10-18/h1-4,13-15H,5-12,19H2. The van der Waals surface area contributed by atoms with Crippen LogP contribution in [0.4, 0.5) is 0 Å². The van der Waals surface area contributed by atoms with Gasteiger partial charge in [0.05, 0.1) is 12.2 Å². The average Bonchev–Trinajstić information content (AvgIpc) is 2.44. The van der Waals surface area contributed by atoms with E-state index < -0.39 is 0 Å². The molecule has 0 unspecified atom stereocenters. The summed E-state index contributed by atoms with van der Waals surface area (Å²) >= 11 is 0. The highest BCUT2D eigenvalue weighted by molar-refractivity contribution is 5.26. The quantitative estimate of drug-likeness (QED) is 0.907. The third-order valence-corrected chi connectivity index (χ3v) is 5.85. The average molecular weight is 271 g/mol. The van der Waals surface area contributed by atoms with Crippen LogP contribution in [0.25, 0.3) is 0 Å². The summed E-state index contributed by atoms with van der Waals surface area (Å²) in [6, 6.07) is 8.45. The molecule has 0 radical (unpaired) electrons. The number of ether oxygens (including phenoxy) is 1. The lowest BCUT2D eigenvalue weighted by molar-refractivity contribution is -0.168. The van der Waals surface area contributed by atoms with E-state index in [0.29, 0.717) is 6.54 Å². The molecule has 0 aliphatic heterocycles. The summed E-state index contributed by atoms with van der Waals surface area (Å²) in [6.45, 7) is 1.36. The predicted molar refractivity (Wildman–Crippen MR) is 80.0 cm³/mol. The SMILES string of the molecule is NCc1ccccc1COC12CC3CC(CC(C3)C1)C2. The van der Waals surface area contributed by atoms with Crippen LogP contribution in [0.5, 0.6) is 0 Å². The molecular formula is C18H25NO. The normalized spacial score (nSPS) is 38.4. The van der Waals surface area contributed by atoms with E-state index in [9.17, 15) is 0 Å². The van der Waals surface area contributed by atoms with Gasteiger partial charge in [-0.3, -0.25) is 0 Å². The van der Waals surface area contributed by atoms with Crippen LogP contribution in [0.1, 0.15) is 49.7 Å². The Hall–Kier alpha value is -0.860. The van der Waals surface area contributed by atoms with Crippen LogP contribution < -0.4 is 5.73 Å². The van der Waals surface area contributed by atoms with Crippen LogP contribution in [-0.4, -0.2) is 5.60 Å². The molecule has 4 saturated carbocycles. The van der Waals surface area contributed by atoms with Crippen molar-refractivity contribution < 1.29 is 4.74 Å². The van der Waals surface area contributed by atoms with Gasteiger partial charge in [-0.15, -0.1) is 0 Å². The van der Waals surface area contributed by atoms with Gasteiger partial charge in [0.25, 0.3) is 0 Å². The Bertz CT molecular complexity index is 461. The van der Waals surface area contributed by atoms with Crippen molar-refractivity contribution in [2.45, 2.75) is 57.3 Å². The van der Waals surface area contributed by atoms with Gasteiger partial charge in [-0.05, 0) is 67.4 Å². The van der Waals surface area contributed by atoms with Crippen molar-refractivity contribution in [1.82, 2.24) is 0 Å². The first-order chi connectivity index (χ1) is 9.76. The lowest BCUT2D eigenvalue weighted by Crippen LogP contribution is -2.51. The Morgan fingerprint density at radius 2 is 1.50 bits per heavy atom. The topological polar surface area (TPSA) is 35.2 Å². The molecule has 2 nitrogen and oxygen atoms in total. The zero-order valence-corrected chi connectivity index (χ0v) is 12.2. The summed E-state index contributed by atoms with van der Waals surface area (Å²) in [5.74, 6) is 2.85. The molecule has 1 aromatic rings. The summed E-state index contributed by atoms with van der Waals surface area (Å²) in [5.41, 5.74) is 8.55. The Labute approximate surface area is 121 Å². The van der Waals surface area contributed by atoms with Gasteiger partial charge in [0.1, 0.15) is 0 Å². The number of rotatable bonds is 4. The fourth-order valence-electron chi connectivity index (χ4n) is 5.34. The van der Waals surface area contributed by atoms with Crippen molar-refractivity contribution in [2.24, 2.45) is 23.5 Å². The van der Waals surface area contributed by atoms with Crippen molar-refractivity contribution in [3.8, 4) is 0 Å². The highest BCUT2D eigenvalue weighted by atomic mass is 16.5. The van der Waals surface area contributed by atoms with Crippen LogP contribution in [0.3, 0.4) is 0 Å². The number of nitrogens with two attached hydrogens (primary N) is 1. The molecule has 0 atom stereocenters. The van der Waals surface area contributed by atoms with Gasteiger partial charge in [-0.2, -0.15) is 0 Å². The zero-order chi connectivity index (χ0) is 13.6. The third kappa shape index (κ3) is 2.19. The summed E-state index contributed by atoms with van der Waals surface area (Å²) in [6.07, 6.45) is 8.35. The maximum atomic E-state index is 6.52. The first kappa shape index (κ1) is 12.8. The molecule has 0 amide bonds. The molecule has 1 aromatic carbocycles. The molecule has 20 heavy (non-hydrogen) atoms. The second kappa shape index (κ2) is 4.85. The van der Waals surface area contributed by atoms with E-state index in [2.05, 4.69) is 24.3 Å². The second-order valence-corrected chi connectivity index (χ2v) is 7.36. The fraction of sp³-hybridized carbons (Fsp3) is 0.667. The van der Waals surface area contributed by atoms with E-state index >= 15 is 0 Å². The lowest BCUT2D eigenvalue weighted by atomic mass is 9.54. The van der Waals surface area contributed by atoms with Gasteiger partial charge in [-0.25, -0.2) is 0 Å². The summed E-state index contributed by atoms with van der Waals surface area (Å²) in [5, 5.41) is 0. The van der Waals surface area contributed by atoms with E-state index in [1.165, 1.54) is 49.7 Å². The van der Waals surface area contributed by atoms with Gasteiger partial charge in [0.2, 0.25) is 0 Å². The van der Waals surface area contributed by atoms with E-state index in [1.54, 1.807) is 0 Å². The molecular weight excluding hydrogens is 246 g/mol. The molecule has 4 aliphatic rings. The fourth-order valence-corrected chi connectivity index (χ4v) is 5.34. The Kier molecular flexibility index (Phi) is 3.12. The van der Waals surface area contributed by atoms with E-state index in [-0.39, 0.29) is 5.60 Å².